The van der Waals surface area contributed by atoms with Crippen molar-refractivity contribution >= 4 is 35.2 Å². The lowest BCUT2D eigenvalue weighted by atomic mass is 10.1. The molecule has 0 spiro atoms. The Balaban J connectivity index is 1.58. The molecule has 0 saturated heterocycles. The lowest BCUT2D eigenvalue weighted by molar-refractivity contribution is -0.137. The number of amides is 1. The molecule has 1 heterocycles. The van der Waals surface area contributed by atoms with E-state index in [4.69, 9.17) is 0 Å². The van der Waals surface area contributed by atoms with Crippen LogP contribution in [0.1, 0.15) is 32.1 Å². The Bertz CT molecular complexity index is 1020. The number of carbonyl (C=O) groups is 1. The highest BCUT2D eigenvalue weighted by Crippen LogP contribution is 2.31. The van der Waals surface area contributed by atoms with Gasteiger partial charge in [-0.25, -0.2) is 5.43 Å². The lowest BCUT2D eigenvalue weighted by Crippen LogP contribution is -2.18. The molecule has 3 aromatic rings. The van der Waals surface area contributed by atoms with Crippen LogP contribution < -0.4 is 5.43 Å². The average molecular weight is 436 g/mol. The Morgan fingerprint density at radius 3 is 2.55 bits per heavy atom. The molecule has 2 aromatic carbocycles. The molecule has 0 aliphatic heterocycles. The molecule has 150 valence electrons. The van der Waals surface area contributed by atoms with Crippen molar-refractivity contribution in [1.82, 2.24) is 15.6 Å². The van der Waals surface area contributed by atoms with E-state index in [9.17, 15) is 18.0 Å². The first kappa shape index (κ1) is 21.0. The van der Waals surface area contributed by atoms with E-state index in [1.807, 2.05) is 6.92 Å². The molecule has 1 aromatic heterocycles. The van der Waals surface area contributed by atoms with Crippen molar-refractivity contribution in [2.75, 3.05) is 0 Å². The van der Waals surface area contributed by atoms with Crippen LogP contribution in [0.5, 0.6) is 0 Å². The molecule has 0 aliphatic carbocycles. The van der Waals surface area contributed by atoms with E-state index >= 15 is 0 Å². The van der Waals surface area contributed by atoms with Gasteiger partial charge in [-0.15, -0.1) is 10.2 Å². The van der Waals surface area contributed by atoms with E-state index in [0.717, 1.165) is 27.2 Å². The molecular weight excluding hydrogens is 421 g/mol. The third kappa shape index (κ3) is 5.88. The molecule has 3 rings (SSSR count). The number of thioether (sulfide) groups is 1. The molecule has 1 amide bonds. The van der Waals surface area contributed by atoms with Gasteiger partial charge in [0, 0.05) is 16.9 Å². The molecule has 10 heteroatoms. The Hall–Kier alpha value is -2.72. The van der Waals surface area contributed by atoms with Crippen molar-refractivity contribution in [3.63, 3.8) is 0 Å². The summed E-state index contributed by atoms with van der Waals surface area (Å²) >= 11 is 3.07. The molecule has 0 saturated carbocycles. The maximum atomic E-state index is 13.0. The van der Waals surface area contributed by atoms with Crippen LogP contribution in [0.4, 0.5) is 13.2 Å². The maximum Gasteiger partial charge on any atom is 0.417 e. The molecule has 0 radical (unpaired) electrons. The smallest absolute Gasteiger partial charge is 0.267 e. The van der Waals surface area contributed by atoms with Gasteiger partial charge in [-0.05, 0) is 30.7 Å². The van der Waals surface area contributed by atoms with Gasteiger partial charge in [-0.2, -0.15) is 18.3 Å². The zero-order valence-corrected chi connectivity index (χ0v) is 16.7. The Morgan fingerprint density at radius 1 is 1.17 bits per heavy atom. The van der Waals surface area contributed by atoms with Crippen LogP contribution in [0.15, 0.2) is 58.0 Å². The van der Waals surface area contributed by atoms with Gasteiger partial charge in [0.05, 0.1) is 11.8 Å². The summed E-state index contributed by atoms with van der Waals surface area (Å²) in [7, 11) is 0. The monoisotopic (exact) mass is 436 g/mol. The number of halogens is 3. The Labute approximate surface area is 173 Å². The zero-order valence-electron chi connectivity index (χ0n) is 15.1. The number of hydrazone groups is 1. The number of rotatable bonds is 6. The van der Waals surface area contributed by atoms with Crippen molar-refractivity contribution in [2.45, 2.75) is 23.2 Å². The number of carbonyl (C=O) groups excluding carboxylic acids is 1. The van der Waals surface area contributed by atoms with E-state index in [-0.39, 0.29) is 5.56 Å². The number of hydrogen-bond donors (Lipinski definition) is 1. The summed E-state index contributed by atoms with van der Waals surface area (Å²) < 4.78 is 39.7. The predicted octanol–water partition coefficient (Wildman–Crippen LogP) is 4.92. The zero-order chi connectivity index (χ0) is 20.9. The first-order valence-corrected chi connectivity index (χ1v) is 10.1. The minimum absolute atomic E-state index is 0.125. The number of benzene rings is 2. The molecule has 29 heavy (non-hydrogen) atoms. The molecule has 0 bridgehead atoms. The maximum absolute atomic E-state index is 13.0. The number of nitrogens with one attached hydrogen (secondary N) is 1. The fourth-order valence-electron chi connectivity index (χ4n) is 2.33. The minimum Gasteiger partial charge on any atom is -0.267 e. The third-order valence-electron chi connectivity index (χ3n) is 3.72. The summed E-state index contributed by atoms with van der Waals surface area (Å²) in [6.07, 6.45) is -3.51. The van der Waals surface area contributed by atoms with Crippen molar-refractivity contribution in [3.05, 3.63) is 75.8 Å². The molecule has 0 unspecified atom stereocenters. The van der Waals surface area contributed by atoms with Crippen LogP contribution in [-0.2, 0) is 11.9 Å². The summed E-state index contributed by atoms with van der Waals surface area (Å²) in [6, 6.07) is 11.9. The summed E-state index contributed by atoms with van der Waals surface area (Å²) in [5.41, 5.74) is 2.66. The van der Waals surface area contributed by atoms with Crippen LogP contribution in [0.25, 0.3) is 0 Å². The van der Waals surface area contributed by atoms with Crippen LogP contribution >= 0.6 is 23.1 Å². The molecular formula is C19H15F3N4OS2. The van der Waals surface area contributed by atoms with E-state index < -0.39 is 17.6 Å². The molecule has 0 atom stereocenters. The Kier molecular flexibility index (Phi) is 6.65. The second-order valence-corrected chi connectivity index (χ2v) is 8.26. The predicted molar refractivity (Wildman–Crippen MR) is 107 cm³/mol. The molecule has 0 fully saturated rings. The summed E-state index contributed by atoms with van der Waals surface area (Å²) in [5, 5.41) is 12.5. The Morgan fingerprint density at radius 2 is 1.90 bits per heavy atom. The number of aryl methyl sites for hydroxylation is 1. The normalized spacial score (nSPS) is 11.7. The summed E-state index contributed by atoms with van der Waals surface area (Å²) in [5.74, 6) is 0.174. The van der Waals surface area contributed by atoms with Crippen molar-refractivity contribution in [2.24, 2.45) is 5.10 Å². The highest BCUT2D eigenvalue weighted by Gasteiger charge is 2.32. The quantitative estimate of drug-likeness (QED) is 0.338. The molecule has 1 N–H and O–H groups in total. The number of hydrogen-bond acceptors (Lipinski definition) is 6. The average Bonchev–Trinajstić information content (AvgIpc) is 3.11. The number of nitrogens with zero attached hydrogens (tertiary/aromatic N) is 3. The topological polar surface area (TPSA) is 67.2 Å². The minimum atomic E-state index is -4.49. The van der Waals surface area contributed by atoms with Gasteiger partial charge < -0.3 is 0 Å². The van der Waals surface area contributed by atoms with E-state index in [1.165, 1.54) is 29.5 Å². The van der Waals surface area contributed by atoms with Gasteiger partial charge in [0.1, 0.15) is 5.01 Å². The standard InChI is InChI=1S/C19H15F3N4OS2/c1-12-24-26-18(29-12)28-11-13-6-8-14(9-7-13)17(27)25-23-10-15-4-2-3-5-16(15)19(20,21)22/h2-10H,11H2,1H3,(H,25,27)/b23-10-. The third-order valence-corrected chi connectivity index (χ3v) is 5.77. The first-order chi connectivity index (χ1) is 13.8. The highest BCUT2D eigenvalue weighted by molar-refractivity contribution is 8.00. The van der Waals surface area contributed by atoms with Gasteiger partial charge in [0.15, 0.2) is 4.34 Å². The SMILES string of the molecule is Cc1nnc(SCc2ccc(C(=O)N/N=C\c3ccccc3C(F)(F)F)cc2)s1. The van der Waals surface area contributed by atoms with Crippen molar-refractivity contribution < 1.29 is 18.0 Å². The van der Waals surface area contributed by atoms with E-state index in [0.29, 0.717) is 11.3 Å². The van der Waals surface area contributed by atoms with Crippen molar-refractivity contribution in [1.29, 1.82) is 0 Å². The van der Waals surface area contributed by atoms with Crippen LogP contribution in [0.3, 0.4) is 0 Å². The molecule has 5 nitrogen and oxygen atoms in total. The van der Waals surface area contributed by atoms with Crippen LogP contribution in [0, 0.1) is 6.92 Å². The van der Waals surface area contributed by atoms with Crippen molar-refractivity contribution in [3.8, 4) is 0 Å². The van der Waals surface area contributed by atoms with Gasteiger partial charge in [-0.1, -0.05) is 53.4 Å². The van der Waals surface area contributed by atoms with E-state index in [2.05, 4.69) is 20.7 Å². The second kappa shape index (κ2) is 9.19. The van der Waals surface area contributed by atoms with Gasteiger partial charge in [0.2, 0.25) is 0 Å². The van der Waals surface area contributed by atoms with E-state index in [1.54, 1.807) is 36.0 Å². The van der Waals surface area contributed by atoms with Gasteiger partial charge in [-0.3, -0.25) is 4.79 Å². The highest BCUT2D eigenvalue weighted by atomic mass is 32.2. The lowest BCUT2D eigenvalue weighted by Gasteiger charge is -2.09. The fourth-order valence-corrected chi connectivity index (χ4v) is 4.10. The first-order valence-electron chi connectivity index (χ1n) is 8.34. The summed E-state index contributed by atoms with van der Waals surface area (Å²) in [4.78, 5) is 12.1. The second-order valence-electron chi connectivity index (χ2n) is 5.86. The van der Waals surface area contributed by atoms with Crippen LogP contribution in [0.2, 0.25) is 0 Å². The number of aromatic nitrogens is 2. The molecule has 0 aliphatic rings. The largest absolute Gasteiger partial charge is 0.417 e. The van der Waals surface area contributed by atoms with Gasteiger partial charge in [0.25, 0.3) is 5.91 Å². The van der Waals surface area contributed by atoms with Crippen LogP contribution in [-0.4, -0.2) is 22.3 Å². The fraction of sp³-hybridized carbons (Fsp3) is 0.158. The van der Waals surface area contributed by atoms with Gasteiger partial charge >= 0.3 is 6.18 Å². The number of alkyl halides is 3. The summed E-state index contributed by atoms with van der Waals surface area (Å²) in [6.45, 7) is 1.89.